The summed E-state index contributed by atoms with van der Waals surface area (Å²) < 4.78 is 0. The zero-order valence-electron chi connectivity index (χ0n) is 12.9. The van der Waals surface area contributed by atoms with Crippen LogP contribution in [0.25, 0.3) is 0 Å². The van der Waals surface area contributed by atoms with E-state index in [2.05, 4.69) is 26.1 Å². The maximum atomic E-state index is 12.5. The number of amides is 1. The topological polar surface area (TPSA) is 55.1 Å². The number of halogens is 1. The molecule has 2 bridgehead atoms. The SMILES string of the molecule is CC(C)CC(C)(CN)NC(=O)C1C2C3CCC(C3)C12.Cl. The van der Waals surface area contributed by atoms with Crippen LogP contribution in [-0.2, 0) is 4.79 Å². The number of nitrogens with one attached hydrogen (secondary N) is 1. The number of fused-ring (bicyclic) bond motifs is 5. The fourth-order valence-electron chi connectivity index (χ4n) is 5.14. The highest BCUT2D eigenvalue weighted by atomic mass is 35.5. The van der Waals surface area contributed by atoms with Crippen LogP contribution in [0.4, 0.5) is 0 Å². The van der Waals surface area contributed by atoms with E-state index in [0.717, 1.165) is 30.1 Å². The van der Waals surface area contributed by atoms with Gasteiger partial charge >= 0.3 is 0 Å². The molecule has 3 aliphatic rings. The van der Waals surface area contributed by atoms with E-state index in [0.29, 0.717) is 24.3 Å². The van der Waals surface area contributed by atoms with Crippen molar-refractivity contribution in [2.45, 2.75) is 52.0 Å². The average molecular weight is 301 g/mol. The molecule has 0 aromatic heterocycles. The molecule has 5 atom stereocenters. The van der Waals surface area contributed by atoms with E-state index < -0.39 is 0 Å². The lowest BCUT2D eigenvalue weighted by atomic mass is 9.90. The molecule has 0 saturated heterocycles. The number of rotatable bonds is 5. The second-order valence-corrected chi connectivity index (χ2v) is 7.87. The van der Waals surface area contributed by atoms with Crippen LogP contribution in [0, 0.1) is 35.5 Å². The Balaban J connectivity index is 0.00000147. The number of nitrogens with two attached hydrogens (primary N) is 1. The molecule has 3 aliphatic carbocycles. The molecule has 0 radical (unpaired) electrons. The average Bonchev–Trinajstić information content (AvgIpc) is 2.78. The molecule has 3 N–H and O–H groups in total. The number of hydrogen-bond acceptors (Lipinski definition) is 2. The van der Waals surface area contributed by atoms with Crippen molar-refractivity contribution in [2.75, 3.05) is 6.54 Å². The van der Waals surface area contributed by atoms with Gasteiger partial charge in [0.05, 0.1) is 0 Å². The van der Waals surface area contributed by atoms with Crippen LogP contribution in [0.15, 0.2) is 0 Å². The Bertz CT molecular complexity index is 371. The first-order chi connectivity index (χ1) is 8.95. The van der Waals surface area contributed by atoms with Gasteiger partial charge in [-0.25, -0.2) is 0 Å². The lowest BCUT2D eigenvalue weighted by Gasteiger charge is -2.31. The van der Waals surface area contributed by atoms with Crippen molar-refractivity contribution in [2.24, 2.45) is 41.2 Å². The Morgan fingerprint density at radius 2 is 1.85 bits per heavy atom. The highest BCUT2D eigenvalue weighted by molar-refractivity contribution is 5.85. The molecule has 0 heterocycles. The molecule has 0 aromatic rings. The Morgan fingerprint density at radius 1 is 1.30 bits per heavy atom. The zero-order valence-corrected chi connectivity index (χ0v) is 13.7. The van der Waals surface area contributed by atoms with E-state index in [1.807, 2.05) is 0 Å². The van der Waals surface area contributed by atoms with Gasteiger partial charge in [0.2, 0.25) is 5.91 Å². The van der Waals surface area contributed by atoms with Crippen LogP contribution in [0.2, 0.25) is 0 Å². The fourth-order valence-corrected chi connectivity index (χ4v) is 5.14. The maximum Gasteiger partial charge on any atom is 0.224 e. The molecule has 3 saturated carbocycles. The lowest BCUT2D eigenvalue weighted by molar-refractivity contribution is -0.125. The Labute approximate surface area is 128 Å². The summed E-state index contributed by atoms with van der Waals surface area (Å²) in [6.45, 7) is 7.00. The van der Waals surface area contributed by atoms with E-state index in [-0.39, 0.29) is 17.9 Å². The van der Waals surface area contributed by atoms with Crippen LogP contribution in [0.1, 0.15) is 46.5 Å². The number of hydrogen-bond donors (Lipinski definition) is 2. The van der Waals surface area contributed by atoms with Crippen LogP contribution in [-0.4, -0.2) is 18.0 Å². The van der Waals surface area contributed by atoms with Gasteiger partial charge in [-0.05, 0) is 62.2 Å². The smallest absolute Gasteiger partial charge is 0.224 e. The molecule has 0 aromatic carbocycles. The second-order valence-electron chi connectivity index (χ2n) is 7.87. The Morgan fingerprint density at radius 3 is 2.30 bits per heavy atom. The van der Waals surface area contributed by atoms with Gasteiger partial charge in [0.1, 0.15) is 0 Å². The largest absolute Gasteiger partial charge is 0.349 e. The predicted octanol–water partition coefficient (Wildman–Crippen LogP) is 2.58. The summed E-state index contributed by atoms with van der Waals surface area (Å²) in [7, 11) is 0. The van der Waals surface area contributed by atoms with E-state index in [1.165, 1.54) is 19.3 Å². The van der Waals surface area contributed by atoms with Crippen LogP contribution < -0.4 is 11.1 Å². The first-order valence-electron chi connectivity index (χ1n) is 7.97. The highest BCUT2D eigenvalue weighted by Crippen LogP contribution is 2.69. The quantitative estimate of drug-likeness (QED) is 0.820. The summed E-state index contributed by atoms with van der Waals surface area (Å²) in [6, 6.07) is 0. The van der Waals surface area contributed by atoms with Gasteiger partial charge in [-0.15, -0.1) is 12.4 Å². The minimum absolute atomic E-state index is 0. The van der Waals surface area contributed by atoms with Gasteiger partial charge in [0.25, 0.3) is 0 Å². The molecule has 3 nitrogen and oxygen atoms in total. The molecule has 3 rings (SSSR count). The third kappa shape index (κ3) is 2.59. The lowest BCUT2D eigenvalue weighted by Crippen LogP contribution is -2.53. The van der Waals surface area contributed by atoms with Gasteiger partial charge in [-0.3, -0.25) is 4.79 Å². The number of carbonyl (C=O) groups is 1. The molecule has 3 fully saturated rings. The van der Waals surface area contributed by atoms with E-state index in [1.54, 1.807) is 0 Å². The fraction of sp³-hybridized carbons (Fsp3) is 0.938. The van der Waals surface area contributed by atoms with Crippen LogP contribution >= 0.6 is 12.4 Å². The van der Waals surface area contributed by atoms with Crippen molar-refractivity contribution in [3.8, 4) is 0 Å². The summed E-state index contributed by atoms with van der Waals surface area (Å²) in [6.07, 6.45) is 5.11. The molecule has 0 aliphatic heterocycles. The number of carbonyl (C=O) groups excluding carboxylic acids is 1. The van der Waals surface area contributed by atoms with E-state index in [9.17, 15) is 4.79 Å². The third-order valence-corrected chi connectivity index (χ3v) is 5.77. The first-order valence-corrected chi connectivity index (χ1v) is 7.97. The summed E-state index contributed by atoms with van der Waals surface area (Å²) in [5.41, 5.74) is 5.67. The van der Waals surface area contributed by atoms with Gasteiger partial charge in [-0.2, -0.15) is 0 Å². The van der Waals surface area contributed by atoms with E-state index in [4.69, 9.17) is 5.73 Å². The summed E-state index contributed by atoms with van der Waals surface area (Å²) in [5.74, 6) is 4.34. The first kappa shape index (κ1) is 16.1. The maximum absolute atomic E-state index is 12.5. The van der Waals surface area contributed by atoms with Crippen molar-refractivity contribution >= 4 is 18.3 Å². The minimum Gasteiger partial charge on any atom is -0.349 e. The van der Waals surface area contributed by atoms with Gasteiger partial charge in [0, 0.05) is 18.0 Å². The zero-order chi connectivity index (χ0) is 13.8. The van der Waals surface area contributed by atoms with Crippen LogP contribution in [0.5, 0.6) is 0 Å². The van der Waals surface area contributed by atoms with Crippen molar-refractivity contribution in [3.63, 3.8) is 0 Å². The van der Waals surface area contributed by atoms with Crippen molar-refractivity contribution in [1.29, 1.82) is 0 Å². The molecule has 0 spiro atoms. The highest BCUT2D eigenvalue weighted by Gasteiger charge is 2.67. The normalized spacial score (nSPS) is 40.0. The molecular formula is C16H29ClN2O. The minimum atomic E-state index is -0.221. The summed E-state index contributed by atoms with van der Waals surface area (Å²) in [5, 5.41) is 3.27. The standard InChI is InChI=1S/C16H28N2O.ClH/c1-9(2)7-16(3,8-17)18-15(19)14-12-10-4-5-11(6-10)13(12)14;/h9-14H,4-8,17H2,1-3H3,(H,18,19);1H. The Hall–Kier alpha value is -0.280. The second kappa shape index (κ2) is 5.49. The van der Waals surface area contributed by atoms with Gasteiger partial charge in [0.15, 0.2) is 0 Å². The van der Waals surface area contributed by atoms with Gasteiger partial charge in [-0.1, -0.05) is 13.8 Å². The summed E-state index contributed by atoms with van der Waals surface area (Å²) >= 11 is 0. The Kier molecular flexibility index (Phi) is 4.42. The van der Waals surface area contributed by atoms with E-state index >= 15 is 0 Å². The van der Waals surface area contributed by atoms with Crippen molar-refractivity contribution in [3.05, 3.63) is 0 Å². The monoisotopic (exact) mass is 300 g/mol. The van der Waals surface area contributed by atoms with Crippen molar-refractivity contribution in [1.82, 2.24) is 5.32 Å². The molecule has 1 amide bonds. The predicted molar refractivity (Wildman–Crippen MR) is 83.6 cm³/mol. The molecule has 4 heteroatoms. The van der Waals surface area contributed by atoms with Crippen molar-refractivity contribution < 1.29 is 4.79 Å². The molecule has 20 heavy (non-hydrogen) atoms. The van der Waals surface area contributed by atoms with Gasteiger partial charge < -0.3 is 11.1 Å². The third-order valence-electron chi connectivity index (χ3n) is 5.77. The molecule has 116 valence electrons. The molecular weight excluding hydrogens is 272 g/mol. The summed E-state index contributed by atoms with van der Waals surface area (Å²) in [4.78, 5) is 12.5. The van der Waals surface area contributed by atoms with Crippen LogP contribution in [0.3, 0.4) is 0 Å². The molecule has 5 unspecified atom stereocenters.